The topological polar surface area (TPSA) is 46.5 Å². The van der Waals surface area contributed by atoms with Crippen LogP contribution in [-0.4, -0.2) is 17.2 Å². The lowest BCUT2D eigenvalue weighted by atomic mass is 10.0. The maximum atomic E-state index is 11.1. The van der Waals surface area contributed by atoms with E-state index in [-0.39, 0.29) is 6.10 Å². The molecule has 1 aliphatic rings. The summed E-state index contributed by atoms with van der Waals surface area (Å²) in [4.78, 5) is 11.1. The molecule has 1 aliphatic carbocycles. The highest BCUT2D eigenvalue weighted by atomic mass is 16.5. The van der Waals surface area contributed by atoms with E-state index < -0.39 is 5.97 Å². The molecule has 3 heteroatoms. The van der Waals surface area contributed by atoms with Crippen LogP contribution in [0, 0.1) is 0 Å². The normalized spacial score (nSPS) is 16.9. The number of rotatable bonds is 11. The zero-order chi connectivity index (χ0) is 17.2. The Hall–Kier alpha value is -1.77. The van der Waals surface area contributed by atoms with Crippen molar-refractivity contribution in [3.63, 3.8) is 0 Å². The Kier molecular flexibility index (Phi) is 7.87. The number of ether oxygens (including phenoxy) is 1. The van der Waals surface area contributed by atoms with Crippen LogP contribution in [-0.2, 0) is 11.2 Å². The van der Waals surface area contributed by atoms with Crippen LogP contribution >= 0.6 is 0 Å². The standard InChI is InChI=1S/C21H30O3/c1-2-3-4-5-6-7-8-10-17-13-15-18(16-14-17)24-20-12-9-11-19(20)21(22)23/h11,13-16,20H,2-10,12H2,1H3,(H,22,23). The van der Waals surface area contributed by atoms with Gasteiger partial charge in [0.25, 0.3) is 0 Å². The molecule has 0 saturated heterocycles. The van der Waals surface area contributed by atoms with Gasteiger partial charge in [0.15, 0.2) is 0 Å². The molecule has 0 spiro atoms. The van der Waals surface area contributed by atoms with Gasteiger partial charge in [-0.25, -0.2) is 4.79 Å². The summed E-state index contributed by atoms with van der Waals surface area (Å²) in [5.74, 6) is -0.106. The van der Waals surface area contributed by atoms with Gasteiger partial charge in [0.05, 0.1) is 5.57 Å². The Balaban J connectivity index is 1.69. The molecule has 0 aliphatic heterocycles. The van der Waals surface area contributed by atoms with Crippen molar-refractivity contribution < 1.29 is 14.6 Å². The fourth-order valence-electron chi connectivity index (χ4n) is 3.21. The van der Waals surface area contributed by atoms with Crippen LogP contribution in [0.15, 0.2) is 35.9 Å². The van der Waals surface area contributed by atoms with E-state index in [2.05, 4.69) is 19.1 Å². The van der Waals surface area contributed by atoms with Crippen molar-refractivity contribution in [3.8, 4) is 5.75 Å². The SMILES string of the molecule is CCCCCCCCCc1ccc(OC2CCC=C2C(=O)O)cc1. The molecule has 0 fully saturated rings. The quantitative estimate of drug-likeness (QED) is 0.542. The van der Waals surface area contributed by atoms with Gasteiger partial charge in [-0.2, -0.15) is 0 Å². The summed E-state index contributed by atoms with van der Waals surface area (Å²) in [6.45, 7) is 2.25. The van der Waals surface area contributed by atoms with Crippen LogP contribution in [0.25, 0.3) is 0 Å². The summed E-state index contributed by atoms with van der Waals surface area (Å²) in [5, 5.41) is 9.15. The lowest BCUT2D eigenvalue weighted by Crippen LogP contribution is -2.20. The molecule has 2 rings (SSSR count). The Morgan fingerprint density at radius 3 is 2.42 bits per heavy atom. The second-order valence-electron chi connectivity index (χ2n) is 6.66. The van der Waals surface area contributed by atoms with E-state index in [1.54, 1.807) is 6.08 Å². The summed E-state index contributed by atoms with van der Waals surface area (Å²) < 4.78 is 5.84. The zero-order valence-corrected chi connectivity index (χ0v) is 14.8. The van der Waals surface area contributed by atoms with Gasteiger partial charge in [0, 0.05) is 0 Å². The molecule has 132 valence electrons. The molecule has 0 amide bonds. The van der Waals surface area contributed by atoms with Crippen molar-refractivity contribution in [1.82, 2.24) is 0 Å². The molecule has 1 N–H and O–H groups in total. The third kappa shape index (κ3) is 6.03. The first-order chi connectivity index (χ1) is 11.7. The molecule has 0 saturated carbocycles. The minimum atomic E-state index is -0.868. The number of benzene rings is 1. The van der Waals surface area contributed by atoms with Crippen molar-refractivity contribution in [1.29, 1.82) is 0 Å². The Morgan fingerprint density at radius 1 is 1.08 bits per heavy atom. The lowest BCUT2D eigenvalue weighted by molar-refractivity contribution is -0.133. The van der Waals surface area contributed by atoms with E-state index in [9.17, 15) is 4.79 Å². The summed E-state index contributed by atoms with van der Waals surface area (Å²) in [7, 11) is 0. The van der Waals surface area contributed by atoms with Crippen LogP contribution in [0.5, 0.6) is 5.75 Å². The zero-order valence-electron chi connectivity index (χ0n) is 14.8. The van der Waals surface area contributed by atoms with Gasteiger partial charge < -0.3 is 9.84 Å². The maximum absolute atomic E-state index is 11.1. The van der Waals surface area contributed by atoms with Crippen molar-refractivity contribution in [2.24, 2.45) is 0 Å². The second kappa shape index (κ2) is 10.2. The van der Waals surface area contributed by atoms with E-state index in [1.807, 2.05) is 12.1 Å². The number of aryl methyl sites for hydroxylation is 1. The molecule has 0 aromatic heterocycles. The highest BCUT2D eigenvalue weighted by Gasteiger charge is 2.26. The molecule has 1 aromatic rings. The number of carboxylic acids is 1. The third-order valence-electron chi connectivity index (χ3n) is 4.66. The van der Waals surface area contributed by atoms with Gasteiger partial charge in [0.1, 0.15) is 11.9 Å². The van der Waals surface area contributed by atoms with Gasteiger partial charge >= 0.3 is 5.97 Å². The summed E-state index contributed by atoms with van der Waals surface area (Å²) in [6, 6.07) is 8.14. The van der Waals surface area contributed by atoms with E-state index in [0.717, 1.165) is 25.0 Å². The molecular formula is C21H30O3. The number of aliphatic carboxylic acids is 1. The predicted molar refractivity (Wildman–Crippen MR) is 97.5 cm³/mol. The van der Waals surface area contributed by atoms with Crippen LogP contribution in [0.4, 0.5) is 0 Å². The van der Waals surface area contributed by atoms with Crippen molar-refractivity contribution in [2.45, 2.75) is 77.2 Å². The Morgan fingerprint density at radius 2 is 1.75 bits per heavy atom. The number of allylic oxidation sites excluding steroid dienone is 1. The van der Waals surface area contributed by atoms with Gasteiger partial charge in [-0.3, -0.25) is 0 Å². The first-order valence-corrected chi connectivity index (χ1v) is 9.39. The molecule has 1 unspecified atom stereocenters. The molecule has 0 heterocycles. The van der Waals surface area contributed by atoms with Crippen LogP contribution < -0.4 is 4.74 Å². The highest BCUT2D eigenvalue weighted by molar-refractivity contribution is 5.88. The largest absolute Gasteiger partial charge is 0.485 e. The first-order valence-electron chi connectivity index (χ1n) is 9.39. The lowest BCUT2D eigenvalue weighted by Gasteiger charge is -2.15. The number of carboxylic acid groups (broad SMARTS) is 1. The molecule has 24 heavy (non-hydrogen) atoms. The Bertz CT molecular complexity index is 531. The van der Waals surface area contributed by atoms with Gasteiger partial charge in [0.2, 0.25) is 0 Å². The van der Waals surface area contributed by atoms with Gasteiger partial charge in [-0.15, -0.1) is 0 Å². The number of hydrogen-bond donors (Lipinski definition) is 1. The monoisotopic (exact) mass is 330 g/mol. The van der Waals surface area contributed by atoms with E-state index in [4.69, 9.17) is 9.84 Å². The summed E-state index contributed by atoms with van der Waals surface area (Å²) in [5.41, 5.74) is 1.72. The third-order valence-corrected chi connectivity index (χ3v) is 4.66. The molecule has 0 radical (unpaired) electrons. The Labute approximate surface area is 145 Å². The summed E-state index contributed by atoms with van der Waals surface area (Å²) in [6.07, 6.45) is 13.4. The van der Waals surface area contributed by atoms with Crippen LogP contribution in [0.1, 0.15) is 70.3 Å². The van der Waals surface area contributed by atoms with Gasteiger partial charge in [-0.05, 0) is 43.4 Å². The molecule has 1 aromatic carbocycles. The van der Waals surface area contributed by atoms with Crippen molar-refractivity contribution in [3.05, 3.63) is 41.5 Å². The van der Waals surface area contributed by atoms with Crippen LogP contribution in [0.2, 0.25) is 0 Å². The molecular weight excluding hydrogens is 300 g/mol. The molecule has 3 nitrogen and oxygen atoms in total. The summed E-state index contributed by atoms with van der Waals surface area (Å²) >= 11 is 0. The highest BCUT2D eigenvalue weighted by Crippen LogP contribution is 2.25. The number of hydrogen-bond acceptors (Lipinski definition) is 2. The number of unbranched alkanes of at least 4 members (excludes halogenated alkanes) is 6. The van der Waals surface area contributed by atoms with Gasteiger partial charge in [-0.1, -0.05) is 63.7 Å². The van der Waals surface area contributed by atoms with E-state index in [0.29, 0.717) is 5.57 Å². The average molecular weight is 330 g/mol. The minimum absolute atomic E-state index is 0.309. The van der Waals surface area contributed by atoms with Crippen molar-refractivity contribution >= 4 is 5.97 Å². The van der Waals surface area contributed by atoms with E-state index in [1.165, 1.54) is 50.5 Å². The molecule has 0 bridgehead atoms. The number of carbonyl (C=O) groups is 1. The van der Waals surface area contributed by atoms with E-state index >= 15 is 0 Å². The second-order valence-corrected chi connectivity index (χ2v) is 6.66. The fraction of sp³-hybridized carbons (Fsp3) is 0.571. The smallest absolute Gasteiger partial charge is 0.335 e. The van der Waals surface area contributed by atoms with Crippen molar-refractivity contribution in [2.75, 3.05) is 0 Å². The minimum Gasteiger partial charge on any atom is -0.485 e. The van der Waals surface area contributed by atoms with Crippen LogP contribution in [0.3, 0.4) is 0 Å². The molecule has 1 atom stereocenters. The maximum Gasteiger partial charge on any atom is 0.335 e. The average Bonchev–Trinajstić information content (AvgIpc) is 3.04. The first kappa shape index (κ1) is 18.6. The fourth-order valence-corrected chi connectivity index (χ4v) is 3.21. The predicted octanol–water partition coefficient (Wildman–Crippen LogP) is 5.53.